The normalized spacial score (nSPS) is 13.6. The third kappa shape index (κ3) is 3.24. The molecule has 16 heavy (non-hydrogen) atoms. The SMILES string of the molecule is CCOc1ccccc1C(C)(C)CC(C)O. The lowest BCUT2D eigenvalue weighted by atomic mass is 9.79. The molecule has 1 atom stereocenters. The summed E-state index contributed by atoms with van der Waals surface area (Å²) in [5, 5.41) is 9.53. The highest BCUT2D eigenvalue weighted by Gasteiger charge is 2.25. The molecule has 0 saturated carbocycles. The van der Waals surface area contributed by atoms with E-state index >= 15 is 0 Å². The van der Waals surface area contributed by atoms with Crippen molar-refractivity contribution in [3.63, 3.8) is 0 Å². The van der Waals surface area contributed by atoms with E-state index in [1.54, 1.807) is 0 Å². The Bertz CT molecular complexity index is 329. The first-order chi connectivity index (χ1) is 7.47. The number of para-hydroxylation sites is 1. The van der Waals surface area contributed by atoms with Crippen LogP contribution >= 0.6 is 0 Å². The fourth-order valence-electron chi connectivity index (χ4n) is 2.16. The van der Waals surface area contributed by atoms with E-state index in [1.807, 2.05) is 32.0 Å². The molecule has 1 rings (SSSR count). The predicted molar refractivity (Wildman–Crippen MR) is 66.9 cm³/mol. The molecule has 90 valence electrons. The van der Waals surface area contributed by atoms with Gasteiger partial charge in [-0.25, -0.2) is 0 Å². The van der Waals surface area contributed by atoms with Crippen molar-refractivity contribution in [2.45, 2.75) is 45.6 Å². The number of hydrogen-bond acceptors (Lipinski definition) is 2. The van der Waals surface area contributed by atoms with Crippen molar-refractivity contribution in [2.24, 2.45) is 0 Å². The third-order valence-electron chi connectivity index (χ3n) is 2.72. The Hall–Kier alpha value is -1.02. The largest absolute Gasteiger partial charge is 0.494 e. The van der Waals surface area contributed by atoms with Crippen LogP contribution in [-0.4, -0.2) is 17.8 Å². The Morgan fingerprint density at radius 2 is 1.94 bits per heavy atom. The van der Waals surface area contributed by atoms with Crippen LogP contribution in [-0.2, 0) is 5.41 Å². The number of benzene rings is 1. The molecule has 0 aliphatic rings. The van der Waals surface area contributed by atoms with Crippen molar-refractivity contribution in [3.05, 3.63) is 29.8 Å². The molecule has 2 heteroatoms. The van der Waals surface area contributed by atoms with Gasteiger partial charge in [0.1, 0.15) is 5.75 Å². The topological polar surface area (TPSA) is 29.5 Å². The van der Waals surface area contributed by atoms with E-state index in [0.717, 1.165) is 17.7 Å². The standard InChI is InChI=1S/C14H22O2/c1-5-16-13-9-7-6-8-12(13)14(3,4)10-11(2)15/h6-9,11,15H,5,10H2,1-4H3. The maximum Gasteiger partial charge on any atom is 0.123 e. The highest BCUT2D eigenvalue weighted by molar-refractivity contribution is 5.38. The molecule has 0 aliphatic carbocycles. The molecule has 0 aromatic heterocycles. The summed E-state index contributed by atoms with van der Waals surface area (Å²) in [6.45, 7) is 8.75. The third-order valence-corrected chi connectivity index (χ3v) is 2.72. The Kier molecular flexibility index (Phi) is 4.36. The summed E-state index contributed by atoms with van der Waals surface area (Å²) in [6.07, 6.45) is 0.432. The number of ether oxygens (including phenoxy) is 1. The fourth-order valence-corrected chi connectivity index (χ4v) is 2.16. The van der Waals surface area contributed by atoms with Gasteiger partial charge in [0.15, 0.2) is 0 Å². The van der Waals surface area contributed by atoms with Crippen LogP contribution in [0.15, 0.2) is 24.3 Å². The van der Waals surface area contributed by atoms with Crippen molar-refractivity contribution < 1.29 is 9.84 Å². The van der Waals surface area contributed by atoms with Crippen molar-refractivity contribution in [1.82, 2.24) is 0 Å². The van der Waals surface area contributed by atoms with Gasteiger partial charge in [-0.2, -0.15) is 0 Å². The summed E-state index contributed by atoms with van der Waals surface area (Å²) < 4.78 is 5.62. The number of aliphatic hydroxyl groups excluding tert-OH is 1. The number of hydrogen-bond donors (Lipinski definition) is 1. The Morgan fingerprint density at radius 3 is 2.50 bits per heavy atom. The van der Waals surface area contributed by atoms with Gasteiger partial charge in [-0.15, -0.1) is 0 Å². The first-order valence-corrected chi connectivity index (χ1v) is 5.87. The molecule has 0 aliphatic heterocycles. The molecule has 0 heterocycles. The smallest absolute Gasteiger partial charge is 0.123 e. The minimum Gasteiger partial charge on any atom is -0.494 e. The molecule has 0 saturated heterocycles. The predicted octanol–water partition coefficient (Wildman–Crippen LogP) is 3.13. The van der Waals surface area contributed by atoms with Gasteiger partial charge in [-0.05, 0) is 37.3 Å². The maximum absolute atomic E-state index is 9.53. The molecule has 1 unspecified atom stereocenters. The van der Waals surface area contributed by atoms with E-state index in [4.69, 9.17) is 4.74 Å². The van der Waals surface area contributed by atoms with Gasteiger partial charge < -0.3 is 9.84 Å². The summed E-state index contributed by atoms with van der Waals surface area (Å²) >= 11 is 0. The number of rotatable bonds is 5. The molecule has 0 spiro atoms. The lowest BCUT2D eigenvalue weighted by molar-refractivity contribution is 0.155. The van der Waals surface area contributed by atoms with E-state index in [9.17, 15) is 5.11 Å². The van der Waals surface area contributed by atoms with Crippen LogP contribution < -0.4 is 4.74 Å². The van der Waals surface area contributed by atoms with Crippen LogP contribution in [0.2, 0.25) is 0 Å². The molecule has 1 N–H and O–H groups in total. The minimum absolute atomic E-state index is 0.0695. The monoisotopic (exact) mass is 222 g/mol. The number of aliphatic hydroxyl groups is 1. The van der Waals surface area contributed by atoms with Crippen LogP contribution in [0.3, 0.4) is 0 Å². The summed E-state index contributed by atoms with van der Waals surface area (Å²) in [5.41, 5.74) is 1.10. The summed E-state index contributed by atoms with van der Waals surface area (Å²) in [5.74, 6) is 0.927. The van der Waals surface area contributed by atoms with Gasteiger partial charge in [-0.3, -0.25) is 0 Å². The van der Waals surface area contributed by atoms with E-state index in [1.165, 1.54) is 0 Å². The van der Waals surface area contributed by atoms with Crippen molar-refractivity contribution in [1.29, 1.82) is 0 Å². The molecule has 0 amide bonds. The Labute approximate surface area is 98.3 Å². The second-order valence-electron chi connectivity index (χ2n) is 4.87. The molecule has 2 nitrogen and oxygen atoms in total. The maximum atomic E-state index is 9.53. The Morgan fingerprint density at radius 1 is 1.31 bits per heavy atom. The zero-order chi connectivity index (χ0) is 12.2. The highest BCUT2D eigenvalue weighted by Crippen LogP contribution is 2.35. The average Bonchev–Trinajstić information content (AvgIpc) is 2.17. The van der Waals surface area contributed by atoms with Gasteiger partial charge >= 0.3 is 0 Å². The minimum atomic E-state index is -0.301. The van der Waals surface area contributed by atoms with Crippen molar-refractivity contribution in [2.75, 3.05) is 6.61 Å². The van der Waals surface area contributed by atoms with Gasteiger partial charge in [0, 0.05) is 0 Å². The van der Waals surface area contributed by atoms with Crippen LogP contribution in [0.1, 0.15) is 39.7 Å². The second kappa shape index (κ2) is 5.35. The van der Waals surface area contributed by atoms with Gasteiger partial charge in [-0.1, -0.05) is 32.0 Å². The van der Waals surface area contributed by atoms with E-state index in [0.29, 0.717) is 6.61 Å². The fraction of sp³-hybridized carbons (Fsp3) is 0.571. The first-order valence-electron chi connectivity index (χ1n) is 5.87. The lowest BCUT2D eigenvalue weighted by Crippen LogP contribution is -2.23. The van der Waals surface area contributed by atoms with E-state index in [-0.39, 0.29) is 11.5 Å². The summed E-state index contributed by atoms with van der Waals surface area (Å²) in [7, 11) is 0. The van der Waals surface area contributed by atoms with Crippen LogP contribution in [0.5, 0.6) is 5.75 Å². The lowest BCUT2D eigenvalue weighted by Gasteiger charge is -2.28. The average molecular weight is 222 g/mol. The van der Waals surface area contributed by atoms with Crippen LogP contribution in [0.25, 0.3) is 0 Å². The van der Waals surface area contributed by atoms with Gasteiger partial charge in [0.2, 0.25) is 0 Å². The second-order valence-corrected chi connectivity index (χ2v) is 4.87. The molecule has 0 bridgehead atoms. The molecule has 0 fully saturated rings. The van der Waals surface area contributed by atoms with Crippen molar-refractivity contribution >= 4 is 0 Å². The zero-order valence-electron chi connectivity index (χ0n) is 10.7. The van der Waals surface area contributed by atoms with Crippen molar-refractivity contribution in [3.8, 4) is 5.75 Å². The van der Waals surface area contributed by atoms with Crippen LogP contribution in [0, 0.1) is 0 Å². The quantitative estimate of drug-likeness (QED) is 0.829. The molecular weight excluding hydrogens is 200 g/mol. The highest BCUT2D eigenvalue weighted by atomic mass is 16.5. The molecule has 1 aromatic carbocycles. The first kappa shape index (κ1) is 13.0. The Balaban J connectivity index is 3.00. The molecule has 1 aromatic rings. The van der Waals surface area contributed by atoms with E-state index in [2.05, 4.69) is 19.9 Å². The molecule has 0 radical (unpaired) electrons. The van der Waals surface area contributed by atoms with Gasteiger partial charge in [0.05, 0.1) is 12.7 Å². The summed E-state index contributed by atoms with van der Waals surface area (Å²) in [4.78, 5) is 0. The van der Waals surface area contributed by atoms with E-state index < -0.39 is 0 Å². The van der Waals surface area contributed by atoms with Gasteiger partial charge in [0.25, 0.3) is 0 Å². The van der Waals surface area contributed by atoms with Crippen LogP contribution in [0.4, 0.5) is 0 Å². The zero-order valence-corrected chi connectivity index (χ0v) is 10.7. The summed E-state index contributed by atoms with van der Waals surface area (Å²) in [6, 6.07) is 8.06. The molecular formula is C14H22O2.